The predicted octanol–water partition coefficient (Wildman–Crippen LogP) is 0.160. The number of fused-ring (bicyclic) bond motifs is 1. The Labute approximate surface area is 172 Å². The number of pyridine rings is 1. The van der Waals surface area contributed by atoms with Crippen LogP contribution < -0.4 is 17.0 Å². The first-order valence-electron chi connectivity index (χ1n) is 9.94. The third kappa shape index (κ3) is 3.13. The molecule has 1 aliphatic heterocycles. The van der Waals surface area contributed by atoms with Gasteiger partial charge in [0.25, 0.3) is 5.56 Å². The lowest BCUT2D eigenvalue weighted by Gasteiger charge is -2.34. The second-order valence-electron chi connectivity index (χ2n) is 7.80. The van der Waals surface area contributed by atoms with Gasteiger partial charge in [0.15, 0.2) is 11.4 Å². The number of carbonyl (C=O) groups is 1. The molecular formula is C20H25N7O3. The molecule has 10 nitrogen and oxygen atoms in total. The monoisotopic (exact) mass is 411 g/mol. The average molecular weight is 411 g/mol. The maximum atomic E-state index is 13.1. The van der Waals surface area contributed by atoms with E-state index in [1.165, 1.54) is 14.1 Å². The fourth-order valence-electron chi connectivity index (χ4n) is 4.15. The predicted molar refractivity (Wildman–Crippen MR) is 112 cm³/mol. The van der Waals surface area contributed by atoms with Crippen molar-refractivity contribution in [1.29, 1.82) is 0 Å². The summed E-state index contributed by atoms with van der Waals surface area (Å²) in [6.07, 6.45) is 3.61. The highest BCUT2D eigenvalue weighted by atomic mass is 16.2. The normalized spacial score (nSPS) is 16.8. The van der Waals surface area contributed by atoms with E-state index in [0.29, 0.717) is 13.1 Å². The van der Waals surface area contributed by atoms with E-state index in [-0.39, 0.29) is 23.1 Å². The molecular weight excluding hydrogens is 386 g/mol. The van der Waals surface area contributed by atoms with Crippen LogP contribution in [-0.2, 0) is 14.1 Å². The summed E-state index contributed by atoms with van der Waals surface area (Å²) < 4.78 is 4.05. The van der Waals surface area contributed by atoms with Gasteiger partial charge in [-0.15, -0.1) is 10.2 Å². The minimum atomic E-state index is -0.655. The van der Waals surface area contributed by atoms with Gasteiger partial charge in [-0.25, -0.2) is 4.79 Å². The Balaban J connectivity index is 1.52. The van der Waals surface area contributed by atoms with E-state index >= 15 is 0 Å². The van der Waals surface area contributed by atoms with E-state index in [2.05, 4.69) is 10.2 Å². The fourth-order valence-corrected chi connectivity index (χ4v) is 4.15. The summed E-state index contributed by atoms with van der Waals surface area (Å²) in [4.78, 5) is 39.7. The molecule has 158 valence electrons. The van der Waals surface area contributed by atoms with Crippen LogP contribution in [0.2, 0.25) is 0 Å². The lowest BCUT2D eigenvalue weighted by molar-refractivity contribution is 0.0792. The van der Waals surface area contributed by atoms with Crippen molar-refractivity contribution in [3.63, 3.8) is 0 Å². The second-order valence-corrected chi connectivity index (χ2v) is 7.80. The van der Waals surface area contributed by atoms with Crippen molar-refractivity contribution in [2.24, 2.45) is 14.1 Å². The van der Waals surface area contributed by atoms with E-state index in [1.807, 2.05) is 33.7 Å². The van der Waals surface area contributed by atoms with Gasteiger partial charge in [-0.1, -0.05) is 6.07 Å². The number of likely N-dealkylation sites (tertiary alicyclic amines) is 1. The summed E-state index contributed by atoms with van der Waals surface area (Å²) in [5, 5.41) is 8.58. The highest BCUT2D eigenvalue weighted by molar-refractivity contribution is 6.03. The molecule has 0 aliphatic carbocycles. The van der Waals surface area contributed by atoms with Crippen molar-refractivity contribution < 1.29 is 4.79 Å². The van der Waals surface area contributed by atoms with Crippen LogP contribution >= 0.6 is 0 Å². The number of anilines is 1. The molecule has 0 aromatic carbocycles. The number of hydrogen-bond acceptors (Lipinski definition) is 7. The van der Waals surface area contributed by atoms with Crippen molar-refractivity contribution in [1.82, 2.24) is 28.6 Å². The zero-order valence-corrected chi connectivity index (χ0v) is 17.3. The molecule has 2 N–H and O–H groups in total. The van der Waals surface area contributed by atoms with Crippen LogP contribution in [0.5, 0.6) is 0 Å². The summed E-state index contributed by atoms with van der Waals surface area (Å²) in [5.74, 6) is 0.719. The Bertz CT molecular complexity index is 1230. The summed E-state index contributed by atoms with van der Waals surface area (Å²) >= 11 is 0. The van der Waals surface area contributed by atoms with Crippen molar-refractivity contribution in [3.05, 3.63) is 56.6 Å². The summed E-state index contributed by atoms with van der Waals surface area (Å²) in [6.45, 7) is 3.15. The SMILES string of the molecule is CC(C(=O)c1c(N)n(C)c(=O)n(C)c1=O)N1CCC(c2nnc3ccccn23)CC1. The van der Waals surface area contributed by atoms with Gasteiger partial charge >= 0.3 is 5.69 Å². The molecule has 4 rings (SSSR count). The Morgan fingerprint density at radius 1 is 1.13 bits per heavy atom. The minimum absolute atomic E-state index is 0.0928. The van der Waals surface area contributed by atoms with Crippen molar-refractivity contribution >= 4 is 17.2 Å². The van der Waals surface area contributed by atoms with E-state index in [1.54, 1.807) is 6.92 Å². The van der Waals surface area contributed by atoms with Gasteiger partial charge in [-0.3, -0.25) is 28.0 Å². The maximum Gasteiger partial charge on any atom is 0.332 e. The number of nitrogen functional groups attached to an aromatic ring is 1. The molecule has 0 bridgehead atoms. The molecule has 3 aromatic heterocycles. The molecule has 4 heterocycles. The number of nitrogens with two attached hydrogens (primary N) is 1. The van der Waals surface area contributed by atoms with Gasteiger partial charge in [0.1, 0.15) is 17.2 Å². The van der Waals surface area contributed by atoms with Gasteiger partial charge in [-0.2, -0.15) is 0 Å². The number of aromatic nitrogens is 5. The molecule has 0 saturated carbocycles. The Hall–Kier alpha value is -3.27. The number of piperidine rings is 1. The molecule has 30 heavy (non-hydrogen) atoms. The topological polar surface area (TPSA) is 121 Å². The number of hydrogen-bond donors (Lipinski definition) is 1. The van der Waals surface area contributed by atoms with Crippen LogP contribution in [0, 0.1) is 0 Å². The summed E-state index contributed by atoms with van der Waals surface area (Å²) in [6, 6.07) is 5.28. The van der Waals surface area contributed by atoms with Gasteiger partial charge in [0.05, 0.1) is 6.04 Å². The van der Waals surface area contributed by atoms with E-state index in [9.17, 15) is 14.4 Å². The lowest BCUT2D eigenvalue weighted by atomic mass is 9.93. The molecule has 1 unspecified atom stereocenters. The molecule has 1 aliphatic rings. The highest BCUT2D eigenvalue weighted by Gasteiger charge is 2.32. The zero-order valence-electron chi connectivity index (χ0n) is 17.3. The van der Waals surface area contributed by atoms with Crippen LogP contribution in [0.3, 0.4) is 0 Å². The third-order valence-electron chi connectivity index (χ3n) is 6.12. The highest BCUT2D eigenvalue weighted by Crippen LogP contribution is 2.28. The van der Waals surface area contributed by atoms with Crippen LogP contribution in [0.15, 0.2) is 34.0 Å². The smallest absolute Gasteiger partial charge is 0.332 e. The molecule has 1 saturated heterocycles. The van der Waals surface area contributed by atoms with E-state index in [0.717, 1.165) is 33.4 Å². The largest absolute Gasteiger partial charge is 0.384 e. The van der Waals surface area contributed by atoms with Crippen LogP contribution in [0.1, 0.15) is 41.9 Å². The van der Waals surface area contributed by atoms with Crippen molar-refractivity contribution in [2.45, 2.75) is 31.7 Å². The fraction of sp³-hybridized carbons (Fsp3) is 0.450. The van der Waals surface area contributed by atoms with Gasteiger partial charge in [0.2, 0.25) is 0 Å². The maximum absolute atomic E-state index is 13.1. The van der Waals surface area contributed by atoms with E-state index in [4.69, 9.17) is 5.73 Å². The number of nitrogens with zero attached hydrogens (tertiary/aromatic N) is 6. The first kappa shape index (κ1) is 20.0. The molecule has 0 amide bonds. The van der Waals surface area contributed by atoms with E-state index < -0.39 is 17.3 Å². The number of carbonyl (C=O) groups excluding carboxylic acids is 1. The second kappa shape index (κ2) is 7.52. The molecule has 10 heteroatoms. The number of ketones is 1. The Kier molecular flexibility index (Phi) is 5.02. The van der Waals surface area contributed by atoms with Crippen LogP contribution in [0.4, 0.5) is 5.82 Å². The number of Topliss-reactive ketones (excluding diaryl/α,β-unsaturated/α-hetero) is 1. The van der Waals surface area contributed by atoms with Crippen LogP contribution in [0.25, 0.3) is 5.65 Å². The zero-order chi connectivity index (χ0) is 21.6. The minimum Gasteiger partial charge on any atom is -0.384 e. The van der Waals surface area contributed by atoms with Gasteiger partial charge < -0.3 is 5.73 Å². The number of rotatable bonds is 4. The van der Waals surface area contributed by atoms with Crippen molar-refractivity contribution in [3.8, 4) is 0 Å². The standard InChI is InChI=1S/C20H25N7O3/c1-12(16(28)15-17(21)24(2)20(30)25(3)19(15)29)26-10-7-13(8-11-26)18-23-22-14-6-4-5-9-27(14)18/h4-6,9,12-13H,7-8,10-11,21H2,1-3H3. The average Bonchev–Trinajstić information content (AvgIpc) is 3.20. The molecule has 0 spiro atoms. The first-order chi connectivity index (χ1) is 14.3. The Morgan fingerprint density at radius 2 is 1.83 bits per heavy atom. The summed E-state index contributed by atoms with van der Waals surface area (Å²) in [5.41, 5.74) is 5.44. The Morgan fingerprint density at radius 3 is 2.53 bits per heavy atom. The third-order valence-corrected chi connectivity index (χ3v) is 6.12. The molecule has 1 atom stereocenters. The van der Waals surface area contributed by atoms with Gasteiger partial charge in [0, 0.05) is 26.2 Å². The molecule has 1 fully saturated rings. The molecule has 3 aromatic rings. The lowest BCUT2D eigenvalue weighted by Crippen LogP contribution is -2.48. The summed E-state index contributed by atoms with van der Waals surface area (Å²) in [7, 11) is 2.80. The van der Waals surface area contributed by atoms with Crippen molar-refractivity contribution in [2.75, 3.05) is 18.8 Å². The molecule has 0 radical (unpaired) electrons. The van der Waals surface area contributed by atoms with Gasteiger partial charge in [-0.05, 0) is 45.0 Å². The quantitative estimate of drug-likeness (QED) is 0.607. The van der Waals surface area contributed by atoms with Crippen LogP contribution in [-0.4, -0.2) is 53.5 Å². The first-order valence-corrected chi connectivity index (χ1v) is 9.94.